The van der Waals surface area contributed by atoms with Crippen molar-refractivity contribution in [3.05, 3.63) is 88.6 Å². The van der Waals surface area contributed by atoms with Crippen LogP contribution in [0.3, 0.4) is 0 Å². The lowest BCUT2D eigenvalue weighted by Crippen LogP contribution is -2.42. The second-order valence-corrected chi connectivity index (χ2v) is 9.12. The van der Waals surface area contributed by atoms with Gasteiger partial charge in [0.05, 0.1) is 47.9 Å². The molecule has 0 spiro atoms. The minimum atomic E-state index is -4.84. The summed E-state index contributed by atoms with van der Waals surface area (Å²) in [5.41, 5.74) is -1.50. The van der Waals surface area contributed by atoms with Crippen molar-refractivity contribution in [2.45, 2.75) is 25.7 Å². The number of aromatic carboxylic acids is 1. The quantitative estimate of drug-likeness (QED) is 0.272. The molecule has 41 heavy (non-hydrogen) atoms. The summed E-state index contributed by atoms with van der Waals surface area (Å²) >= 11 is 5.87. The number of hydrogen-bond donors (Lipinski definition) is 1. The van der Waals surface area contributed by atoms with E-state index in [2.05, 4.69) is 20.2 Å². The molecular formula is C26H22ClF3N6O5. The number of carboxylic acids is 1. The van der Waals surface area contributed by atoms with E-state index in [-0.39, 0.29) is 35.8 Å². The van der Waals surface area contributed by atoms with Crippen molar-refractivity contribution in [2.24, 2.45) is 0 Å². The normalized spacial score (nSPS) is 12.1. The molecule has 15 heteroatoms. The van der Waals surface area contributed by atoms with Crippen LogP contribution in [-0.4, -0.2) is 61.7 Å². The molecule has 4 rings (SSSR count). The van der Waals surface area contributed by atoms with Crippen LogP contribution in [0.4, 0.5) is 18.9 Å². The van der Waals surface area contributed by atoms with Gasteiger partial charge in [-0.2, -0.15) is 28.2 Å². The summed E-state index contributed by atoms with van der Waals surface area (Å²) < 4.78 is 52.3. The summed E-state index contributed by atoms with van der Waals surface area (Å²) in [6.45, 7) is 1.61. The van der Waals surface area contributed by atoms with Gasteiger partial charge in [-0.15, -0.1) is 0 Å². The second-order valence-electron chi connectivity index (χ2n) is 8.68. The Kier molecular flexibility index (Phi) is 8.83. The van der Waals surface area contributed by atoms with Crippen LogP contribution < -0.4 is 9.64 Å². The van der Waals surface area contributed by atoms with Crippen LogP contribution in [0.5, 0.6) is 11.6 Å². The Bertz CT molecular complexity index is 1530. The van der Waals surface area contributed by atoms with Crippen molar-refractivity contribution < 1.29 is 37.3 Å². The highest BCUT2D eigenvalue weighted by atomic mass is 35.5. The van der Waals surface area contributed by atoms with Crippen LogP contribution >= 0.6 is 11.6 Å². The summed E-state index contributed by atoms with van der Waals surface area (Å²) in [5.74, 6) is -3.14. The molecule has 3 heterocycles. The molecule has 0 bridgehead atoms. The van der Waals surface area contributed by atoms with E-state index in [1.54, 1.807) is 6.92 Å². The van der Waals surface area contributed by atoms with Gasteiger partial charge in [0.15, 0.2) is 0 Å². The monoisotopic (exact) mass is 590 g/mol. The highest BCUT2D eigenvalue weighted by Crippen LogP contribution is 2.38. The number of alkyl halides is 3. The Balaban J connectivity index is 1.71. The predicted molar refractivity (Wildman–Crippen MR) is 139 cm³/mol. The Morgan fingerprint density at radius 1 is 1.10 bits per heavy atom. The summed E-state index contributed by atoms with van der Waals surface area (Å²) in [4.78, 5) is 35.9. The van der Waals surface area contributed by atoms with Crippen LogP contribution in [0.25, 0.3) is 0 Å². The number of halogens is 4. The molecule has 11 nitrogen and oxygen atoms in total. The number of anilines is 1. The zero-order chi connectivity index (χ0) is 29.7. The third-order valence-corrected chi connectivity index (χ3v) is 5.91. The fourth-order valence-corrected chi connectivity index (χ4v) is 4.03. The maximum atomic E-state index is 13.9. The summed E-state index contributed by atoms with van der Waals surface area (Å²) in [6.07, 6.45) is 0.374. The number of carbonyl (C=O) groups excluding carboxylic acids is 1. The van der Waals surface area contributed by atoms with Crippen molar-refractivity contribution in [3.63, 3.8) is 0 Å². The largest absolute Gasteiger partial charge is 0.478 e. The first-order valence-electron chi connectivity index (χ1n) is 11.9. The van der Waals surface area contributed by atoms with E-state index in [1.807, 2.05) is 0 Å². The molecule has 0 radical (unpaired) electrons. The molecular weight excluding hydrogens is 569 g/mol. The number of methoxy groups -OCH3 is 1. The van der Waals surface area contributed by atoms with Crippen molar-refractivity contribution in [1.82, 2.24) is 25.0 Å². The molecule has 1 aromatic carbocycles. The van der Waals surface area contributed by atoms with E-state index in [4.69, 9.17) is 21.1 Å². The molecule has 0 saturated carbocycles. The average Bonchev–Trinajstić information content (AvgIpc) is 3.43. The van der Waals surface area contributed by atoms with E-state index >= 15 is 0 Å². The molecule has 1 N–H and O–H groups in total. The van der Waals surface area contributed by atoms with E-state index in [0.717, 1.165) is 12.1 Å². The molecule has 0 aliphatic heterocycles. The van der Waals surface area contributed by atoms with Gasteiger partial charge in [0.2, 0.25) is 5.88 Å². The van der Waals surface area contributed by atoms with Crippen molar-refractivity contribution >= 4 is 29.2 Å². The molecule has 3 aromatic heterocycles. The summed E-state index contributed by atoms with van der Waals surface area (Å²) in [6, 6.07) is 6.53. The van der Waals surface area contributed by atoms with Crippen LogP contribution in [0, 0.1) is 0 Å². The van der Waals surface area contributed by atoms with Crippen molar-refractivity contribution in [1.29, 1.82) is 0 Å². The smallest absolute Gasteiger partial charge is 0.421 e. The molecule has 1 amide bonds. The highest BCUT2D eigenvalue weighted by Gasteiger charge is 2.36. The second kappa shape index (κ2) is 12.3. The number of carbonyl (C=O) groups is 2. The first kappa shape index (κ1) is 29.4. The summed E-state index contributed by atoms with van der Waals surface area (Å²) in [5, 5.41) is 18.0. The van der Waals surface area contributed by atoms with Gasteiger partial charge in [-0.3, -0.25) is 4.79 Å². The number of pyridine rings is 2. The van der Waals surface area contributed by atoms with Gasteiger partial charge in [0, 0.05) is 19.5 Å². The van der Waals surface area contributed by atoms with E-state index < -0.39 is 41.1 Å². The lowest BCUT2D eigenvalue weighted by atomic mass is 10.1. The average molecular weight is 591 g/mol. The van der Waals surface area contributed by atoms with Crippen LogP contribution in [-0.2, 0) is 17.5 Å². The van der Waals surface area contributed by atoms with Crippen molar-refractivity contribution in [2.75, 3.05) is 18.6 Å². The van der Waals surface area contributed by atoms with E-state index in [1.165, 1.54) is 65.9 Å². The Morgan fingerprint density at radius 3 is 2.44 bits per heavy atom. The molecule has 0 fully saturated rings. The van der Waals surface area contributed by atoms with Gasteiger partial charge in [0.1, 0.15) is 17.0 Å². The number of amides is 1. The van der Waals surface area contributed by atoms with Gasteiger partial charge >= 0.3 is 12.1 Å². The number of ether oxygens (including phenoxy) is 2. The molecule has 0 aliphatic carbocycles. The highest BCUT2D eigenvalue weighted by molar-refractivity contribution is 6.30. The number of benzene rings is 1. The molecule has 0 aliphatic rings. The fraction of sp³-hybridized carbons (Fsp3) is 0.231. The lowest BCUT2D eigenvalue weighted by Gasteiger charge is -2.30. The van der Waals surface area contributed by atoms with Crippen molar-refractivity contribution in [3.8, 4) is 11.6 Å². The number of carboxylic acid groups (broad SMARTS) is 1. The third kappa shape index (κ3) is 6.96. The van der Waals surface area contributed by atoms with Crippen LogP contribution in [0.15, 0.2) is 61.2 Å². The van der Waals surface area contributed by atoms with Gasteiger partial charge < -0.3 is 19.5 Å². The van der Waals surface area contributed by atoms with Gasteiger partial charge in [-0.05, 0) is 48.9 Å². The molecule has 4 aromatic rings. The number of aromatic nitrogens is 5. The minimum Gasteiger partial charge on any atom is -0.478 e. The van der Waals surface area contributed by atoms with Gasteiger partial charge in [0.25, 0.3) is 5.91 Å². The zero-order valence-electron chi connectivity index (χ0n) is 21.5. The fourth-order valence-electron chi connectivity index (χ4n) is 3.91. The SMILES string of the molecule is COC[C@H](C)N(C(=O)c1ccc(Cl)cn1)c1ccc(Oc2ncc(Cn3nccn3)cc2C(F)(F)F)cc1C(=O)O. The van der Waals surface area contributed by atoms with Gasteiger partial charge in [-0.25, -0.2) is 14.8 Å². The Morgan fingerprint density at radius 2 is 1.83 bits per heavy atom. The maximum Gasteiger partial charge on any atom is 0.421 e. The first-order chi connectivity index (χ1) is 19.5. The molecule has 1 atom stereocenters. The maximum absolute atomic E-state index is 13.9. The third-order valence-electron chi connectivity index (χ3n) is 5.69. The molecule has 0 unspecified atom stereocenters. The molecule has 0 saturated heterocycles. The van der Waals surface area contributed by atoms with Crippen LogP contribution in [0.1, 0.15) is 38.9 Å². The Hall–Kier alpha value is -4.56. The number of nitrogens with zero attached hydrogens (tertiary/aromatic N) is 6. The first-order valence-corrected chi connectivity index (χ1v) is 12.2. The van der Waals surface area contributed by atoms with E-state index in [0.29, 0.717) is 5.02 Å². The minimum absolute atomic E-state index is 0.0153. The number of rotatable bonds is 10. The lowest BCUT2D eigenvalue weighted by molar-refractivity contribution is -0.139. The van der Waals surface area contributed by atoms with Crippen LogP contribution in [0.2, 0.25) is 5.02 Å². The van der Waals surface area contributed by atoms with Gasteiger partial charge in [-0.1, -0.05) is 11.6 Å². The topological polar surface area (TPSA) is 133 Å². The standard InChI is InChI=1S/C26H22ClF3N6O5/c1-15(14-40-2)36(24(37)21-5-3-17(27)12-31-21)22-6-4-18(10-19(22)25(38)39)41-23-20(26(28,29)30)9-16(11-32-23)13-35-33-7-8-34-35/h3-12,15H,13-14H2,1-2H3,(H,38,39)/t15-/m0/s1. The molecule has 214 valence electrons. The van der Waals surface area contributed by atoms with E-state index in [9.17, 15) is 27.9 Å². The zero-order valence-corrected chi connectivity index (χ0v) is 22.3. The summed E-state index contributed by atoms with van der Waals surface area (Å²) in [7, 11) is 1.41. The Labute approximate surface area is 236 Å². The number of hydrogen-bond acceptors (Lipinski definition) is 8. The predicted octanol–water partition coefficient (Wildman–Crippen LogP) is 4.96.